The number of methoxy groups -OCH3 is 1. The van der Waals surface area contributed by atoms with Crippen LogP contribution < -0.4 is 10.1 Å². The van der Waals surface area contributed by atoms with Crippen LogP contribution >= 0.6 is 0 Å². The van der Waals surface area contributed by atoms with E-state index in [4.69, 9.17) is 4.74 Å². The standard InChI is InChI=1S/C23H30N2O4S/c1-18(26)24-13-10-19-6-8-20(9-7-19)16-21-11-14-25(15-12-21)30(27,28)23-5-3-4-22(17-23)29-2/h3-9,17,21H,10-16H2,1-2H3,(H,24,26). The lowest BCUT2D eigenvalue weighted by Crippen LogP contribution is -2.38. The number of rotatable bonds is 8. The summed E-state index contributed by atoms with van der Waals surface area (Å²) < 4.78 is 32.6. The highest BCUT2D eigenvalue weighted by Gasteiger charge is 2.29. The van der Waals surface area contributed by atoms with Gasteiger partial charge in [0.25, 0.3) is 0 Å². The summed E-state index contributed by atoms with van der Waals surface area (Å²) in [6.45, 7) is 3.25. The number of ether oxygens (including phenoxy) is 1. The zero-order chi connectivity index (χ0) is 21.6. The molecule has 2 aromatic rings. The first-order valence-electron chi connectivity index (χ1n) is 10.3. The van der Waals surface area contributed by atoms with E-state index in [0.29, 0.717) is 31.3 Å². The molecule has 2 aromatic carbocycles. The molecule has 0 aliphatic carbocycles. The maximum absolute atomic E-state index is 12.9. The van der Waals surface area contributed by atoms with Crippen molar-refractivity contribution in [3.63, 3.8) is 0 Å². The number of hydrogen-bond donors (Lipinski definition) is 1. The minimum atomic E-state index is -3.49. The van der Waals surface area contributed by atoms with Crippen LogP contribution in [0.4, 0.5) is 0 Å². The maximum atomic E-state index is 12.9. The number of nitrogens with one attached hydrogen (secondary N) is 1. The van der Waals surface area contributed by atoms with Gasteiger partial charge in [-0.3, -0.25) is 4.79 Å². The Bertz CT molecular complexity index is 949. The molecule has 3 rings (SSSR count). The molecule has 1 fully saturated rings. The third-order valence-corrected chi connectivity index (χ3v) is 7.48. The average Bonchev–Trinajstić information content (AvgIpc) is 2.75. The number of carbonyl (C=O) groups is 1. The molecule has 1 amide bonds. The molecule has 1 N–H and O–H groups in total. The van der Waals surface area contributed by atoms with Gasteiger partial charge in [0.15, 0.2) is 0 Å². The summed E-state index contributed by atoms with van der Waals surface area (Å²) in [5.41, 5.74) is 2.47. The molecule has 1 aliphatic rings. The average molecular weight is 431 g/mol. The molecule has 1 saturated heterocycles. The Balaban J connectivity index is 1.52. The van der Waals surface area contributed by atoms with Crippen LogP contribution in [0.15, 0.2) is 53.4 Å². The second-order valence-electron chi connectivity index (χ2n) is 7.78. The molecule has 0 saturated carbocycles. The molecular formula is C23H30N2O4S. The normalized spacial score (nSPS) is 15.7. The minimum absolute atomic E-state index is 0.00798. The highest BCUT2D eigenvalue weighted by atomic mass is 32.2. The molecule has 30 heavy (non-hydrogen) atoms. The number of amides is 1. The first kappa shape index (κ1) is 22.3. The van der Waals surface area contributed by atoms with Crippen LogP contribution in [0.2, 0.25) is 0 Å². The molecule has 6 nitrogen and oxygen atoms in total. The highest BCUT2D eigenvalue weighted by Crippen LogP contribution is 2.27. The van der Waals surface area contributed by atoms with Crippen molar-refractivity contribution in [3.05, 3.63) is 59.7 Å². The Morgan fingerprint density at radius 2 is 1.77 bits per heavy atom. The van der Waals surface area contributed by atoms with E-state index in [2.05, 4.69) is 29.6 Å². The Kier molecular flexibility index (Phi) is 7.50. The van der Waals surface area contributed by atoms with Gasteiger partial charge in [-0.2, -0.15) is 4.31 Å². The molecule has 0 aromatic heterocycles. The van der Waals surface area contributed by atoms with E-state index in [1.165, 1.54) is 25.2 Å². The van der Waals surface area contributed by atoms with Crippen LogP contribution in [0.25, 0.3) is 0 Å². The zero-order valence-electron chi connectivity index (χ0n) is 17.6. The van der Waals surface area contributed by atoms with E-state index >= 15 is 0 Å². The first-order valence-corrected chi connectivity index (χ1v) is 11.8. The van der Waals surface area contributed by atoms with Gasteiger partial charge in [-0.15, -0.1) is 0 Å². The summed E-state index contributed by atoms with van der Waals surface area (Å²) in [5, 5.41) is 2.81. The van der Waals surface area contributed by atoms with E-state index in [1.54, 1.807) is 28.6 Å². The molecule has 0 radical (unpaired) electrons. The number of sulfonamides is 1. The first-order chi connectivity index (χ1) is 14.4. The quantitative estimate of drug-likeness (QED) is 0.699. The van der Waals surface area contributed by atoms with Crippen LogP contribution in [-0.2, 0) is 27.7 Å². The predicted octanol–water partition coefficient (Wildman–Crippen LogP) is 3.02. The summed E-state index contributed by atoms with van der Waals surface area (Å²) in [5.74, 6) is 1.02. The number of hydrogen-bond acceptors (Lipinski definition) is 4. The van der Waals surface area contributed by atoms with Crippen molar-refractivity contribution in [1.82, 2.24) is 9.62 Å². The van der Waals surface area contributed by atoms with E-state index in [-0.39, 0.29) is 10.8 Å². The van der Waals surface area contributed by atoms with Crippen molar-refractivity contribution < 1.29 is 17.9 Å². The van der Waals surface area contributed by atoms with Crippen molar-refractivity contribution in [3.8, 4) is 5.75 Å². The van der Waals surface area contributed by atoms with Crippen LogP contribution in [0.3, 0.4) is 0 Å². The Labute approximate surface area is 179 Å². The Morgan fingerprint density at radius 1 is 1.10 bits per heavy atom. The van der Waals surface area contributed by atoms with Crippen LogP contribution in [-0.4, -0.2) is 45.4 Å². The van der Waals surface area contributed by atoms with Crippen molar-refractivity contribution in [1.29, 1.82) is 0 Å². The molecule has 162 valence electrons. The van der Waals surface area contributed by atoms with Gasteiger partial charge in [-0.05, 0) is 54.9 Å². The topological polar surface area (TPSA) is 75.7 Å². The van der Waals surface area contributed by atoms with Crippen molar-refractivity contribution in [2.75, 3.05) is 26.7 Å². The van der Waals surface area contributed by atoms with Gasteiger partial charge in [0, 0.05) is 32.6 Å². The fraction of sp³-hybridized carbons (Fsp3) is 0.435. The monoisotopic (exact) mass is 430 g/mol. The van der Waals surface area contributed by atoms with Gasteiger partial charge in [0.05, 0.1) is 12.0 Å². The fourth-order valence-electron chi connectivity index (χ4n) is 3.82. The molecule has 0 spiro atoms. The largest absolute Gasteiger partial charge is 0.497 e. The second-order valence-corrected chi connectivity index (χ2v) is 9.72. The Morgan fingerprint density at radius 3 is 2.40 bits per heavy atom. The zero-order valence-corrected chi connectivity index (χ0v) is 18.5. The molecule has 1 aliphatic heterocycles. The molecule has 0 unspecified atom stereocenters. The number of piperidine rings is 1. The fourth-order valence-corrected chi connectivity index (χ4v) is 5.33. The van der Waals surface area contributed by atoms with E-state index in [0.717, 1.165) is 25.7 Å². The summed E-state index contributed by atoms with van der Waals surface area (Å²) in [6.07, 6.45) is 3.49. The van der Waals surface area contributed by atoms with Crippen molar-refractivity contribution in [2.24, 2.45) is 5.92 Å². The van der Waals surface area contributed by atoms with Gasteiger partial charge in [-0.1, -0.05) is 30.3 Å². The van der Waals surface area contributed by atoms with E-state index < -0.39 is 10.0 Å². The molecule has 0 atom stereocenters. The molecule has 7 heteroatoms. The summed E-state index contributed by atoms with van der Waals surface area (Å²) >= 11 is 0. The van der Waals surface area contributed by atoms with Crippen LogP contribution in [0, 0.1) is 5.92 Å². The Hall–Kier alpha value is -2.38. The van der Waals surface area contributed by atoms with E-state index in [1.807, 2.05) is 0 Å². The van der Waals surface area contributed by atoms with Gasteiger partial charge in [0.1, 0.15) is 5.75 Å². The number of carbonyl (C=O) groups excluding carboxylic acids is 1. The van der Waals surface area contributed by atoms with Gasteiger partial charge in [-0.25, -0.2) is 8.42 Å². The SMILES string of the molecule is COc1cccc(S(=O)(=O)N2CCC(Cc3ccc(CCNC(C)=O)cc3)CC2)c1. The minimum Gasteiger partial charge on any atom is -0.497 e. The lowest BCUT2D eigenvalue weighted by Gasteiger charge is -2.31. The second kappa shape index (κ2) is 10.1. The maximum Gasteiger partial charge on any atom is 0.243 e. The van der Waals surface area contributed by atoms with Gasteiger partial charge < -0.3 is 10.1 Å². The van der Waals surface area contributed by atoms with Crippen molar-refractivity contribution >= 4 is 15.9 Å². The van der Waals surface area contributed by atoms with Gasteiger partial charge in [0.2, 0.25) is 15.9 Å². The van der Waals surface area contributed by atoms with Gasteiger partial charge >= 0.3 is 0 Å². The lowest BCUT2D eigenvalue weighted by molar-refractivity contribution is -0.118. The van der Waals surface area contributed by atoms with E-state index in [9.17, 15) is 13.2 Å². The third kappa shape index (κ3) is 5.83. The summed E-state index contributed by atoms with van der Waals surface area (Å²) in [4.78, 5) is 11.2. The number of benzene rings is 2. The summed E-state index contributed by atoms with van der Waals surface area (Å²) in [6, 6.07) is 15.2. The van der Waals surface area contributed by atoms with Crippen molar-refractivity contribution in [2.45, 2.75) is 37.5 Å². The molecule has 1 heterocycles. The number of nitrogens with zero attached hydrogens (tertiary/aromatic N) is 1. The summed E-state index contributed by atoms with van der Waals surface area (Å²) in [7, 11) is -1.95. The third-order valence-electron chi connectivity index (χ3n) is 5.59. The molecular weight excluding hydrogens is 400 g/mol. The van der Waals surface area contributed by atoms with Crippen LogP contribution in [0.1, 0.15) is 30.9 Å². The smallest absolute Gasteiger partial charge is 0.243 e. The predicted molar refractivity (Wildman–Crippen MR) is 117 cm³/mol. The highest BCUT2D eigenvalue weighted by molar-refractivity contribution is 7.89. The molecule has 0 bridgehead atoms. The van der Waals surface area contributed by atoms with Crippen LogP contribution in [0.5, 0.6) is 5.75 Å². The lowest BCUT2D eigenvalue weighted by atomic mass is 9.90.